The van der Waals surface area contributed by atoms with Crippen molar-refractivity contribution in [3.63, 3.8) is 0 Å². The van der Waals surface area contributed by atoms with Gasteiger partial charge in [0, 0.05) is 37.6 Å². The van der Waals surface area contributed by atoms with Crippen LogP contribution in [0.2, 0.25) is 0 Å². The highest BCUT2D eigenvalue weighted by molar-refractivity contribution is 9.10. The first-order valence-corrected chi connectivity index (χ1v) is 12.9. The summed E-state index contributed by atoms with van der Waals surface area (Å²) in [6.45, 7) is 2.99. The molecule has 0 atom stereocenters. The van der Waals surface area contributed by atoms with E-state index in [0.29, 0.717) is 42.5 Å². The standard InChI is InChI=1S/C29H30BrN3O3/c1-22(34)32-18-16-29(17-19-32,28(36)31-20-23-10-4-2-5-11-23)33(21-24-12-6-3-7-13-24)27(35)25-14-8-9-15-26(25)30/h2-15H,16-21H2,1H3,(H,31,36). The molecule has 0 spiro atoms. The smallest absolute Gasteiger partial charge is 0.256 e. The quantitative estimate of drug-likeness (QED) is 0.462. The maximum Gasteiger partial charge on any atom is 0.256 e. The summed E-state index contributed by atoms with van der Waals surface area (Å²) in [5, 5.41) is 3.09. The lowest BCUT2D eigenvalue weighted by Gasteiger charge is -2.47. The molecule has 0 bridgehead atoms. The first-order chi connectivity index (χ1) is 17.4. The number of halogens is 1. The molecule has 1 heterocycles. The van der Waals surface area contributed by atoms with E-state index < -0.39 is 5.54 Å². The Hall–Kier alpha value is -3.45. The number of amides is 3. The summed E-state index contributed by atoms with van der Waals surface area (Å²) in [5.74, 6) is -0.455. The first-order valence-electron chi connectivity index (χ1n) is 12.1. The number of hydrogen-bond acceptors (Lipinski definition) is 3. The molecule has 6 nitrogen and oxygen atoms in total. The number of nitrogens with one attached hydrogen (secondary N) is 1. The van der Waals surface area contributed by atoms with E-state index in [1.807, 2.05) is 78.9 Å². The summed E-state index contributed by atoms with van der Waals surface area (Å²) < 4.78 is 0.675. The molecule has 3 aromatic carbocycles. The highest BCUT2D eigenvalue weighted by Gasteiger charge is 2.49. The van der Waals surface area contributed by atoms with Gasteiger partial charge in [-0.25, -0.2) is 0 Å². The zero-order chi connectivity index (χ0) is 25.5. The van der Waals surface area contributed by atoms with Crippen molar-refractivity contribution in [2.45, 2.75) is 38.4 Å². The summed E-state index contributed by atoms with van der Waals surface area (Å²) in [5.41, 5.74) is 1.30. The summed E-state index contributed by atoms with van der Waals surface area (Å²) in [6.07, 6.45) is 0.715. The van der Waals surface area contributed by atoms with Gasteiger partial charge >= 0.3 is 0 Å². The fraction of sp³-hybridized carbons (Fsp3) is 0.276. The lowest BCUT2D eigenvalue weighted by atomic mass is 9.83. The largest absolute Gasteiger partial charge is 0.350 e. The molecule has 0 aromatic heterocycles. The van der Waals surface area contributed by atoms with Gasteiger partial charge in [0.1, 0.15) is 5.54 Å². The van der Waals surface area contributed by atoms with Gasteiger partial charge in [0.15, 0.2) is 0 Å². The van der Waals surface area contributed by atoms with Crippen molar-refractivity contribution in [1.29, 1.82) is 0 Å². The predicted octanol–water partition coefficient (Wildman–Crippen LogP) is 4.79. The van der Waals surface area contributed by atoms with Gasteiger partial charge in [-0.15, -0.1) is 0 Å². The number of likely N-dealkylation sites (tertiary alicyclic amines) is 1. The Morgan fingerprint density at radius 2 is 1.42 bits per heavy atom. The maximum absolute atomic E-state index is 14.1. The van der Waals surface area contributed by atoms with Gasteiger partial charge in [-0.05, 0) is 52.0 Å². The van der Waals surface area contributed by atoms with Crippen molar-refractivity contribution in [3.8, 4) is 0 Å². The maximum atomic E-state index is 14.1. The van der Waals surface area contributed by atoms with Crippen molar-refractivity contribution in [3.05, 3.63) is 106 Å². The molecule has 1 N–H and O–H groups in total. The zero-order valence-corrected chi connectivity index (χ0v) is 21.9. The van der Waals surface area contributed by atoms with Gasteiger partial charge in [0.2, 0.25) is 11.8 Å². The highest BCUT2D eigenvalue weighted by atomic mass is 79.9. The molecule has 7 heteroatoms. The summed E-state index contributed by atoms with van der Waals surface area (Å²) in [7, 11) is 0. The van der Waals surface area contributed by atoms with Crippen LogP contribution in [0.5, 0.6) is 0 Å². The number of carbonyl (C=O) groups is 3. The molecule has 1 fully saturated rings. The zero-order valence-electron chi connectivity index (χ0n) is 20.3. The molecule has 1 aliphatic rings. The molecule has 4 rings (SSSR count). The molecule has 1 saturated heterocycles. The Bertz CT molecular complexity index is 1210. The Morgan fingerprint density at radius 3 is 2.00 bits per heavy atom. The highest BCUT2D eigenvalue weighted by Crippen LogP contribution is 2.34. The molecule has 0 unspecified atom stereocenters. The van der Waals surface area contributed by atoms with Crippen LogP contribution in [0.4, 0.5) is 0 Å². The van der Waals surface area contributed by atoms with Crippen molar-refractivity contribution in [2.24, 2.45) is 0 Å². The molecule has 0 saturated carbocycles. The normalized spacial score (nSPS) is 14.7. The fourth-order valence-corrected chi connectivity index (χ4v) is 5.17. The van der Waals surface area contributed by atoms with E-state index in [1.54, 1.807) is 15.9 Å². The minimum atomic E-state index is -1.11. The summed E-state index contributed by atoms with van der Waals surface area (Å²) in [4.78, 5) is 43.6. The number of nitrogens with zero attached hydrogens (tertiary/aromatic N) is 2. The van der Waals surface area contributed by atoms with Crippen molar-refractivity contribution in [1.82, 2.24) is 15.1 Å². The Balaban J connectivity index is 1.73. The van der Waals surface area contributed by atoms with E-state index in [9.17, 15) is 14.4 Å². The Labute approximate surface area is 220 Å². The monoisotopic (exact) mass is 547 g/mol. The van der Waals surface area contributed by atoms with Crippen LogP contribution < -0.4 is 5.32 Å². The summed E-state index contributed by atoms with van der Waals surface area (Å²) >= 11 is 3.52. The molecule has 186 valence electrons. The fourth-order valence-electron chi connectivity index (χ4n) is 4.72. The lowest BCUT2D eigenvalue weighted by Crippen LogP contribution is -2.64. The van der Waals surface area contributed by atoms with Crippen molar-refractivity contribution < 1.29 is 14.4 Å². The molecule has 3 aromatic rings. The van der Waals surface area contributed by atoms with Crippen LogP contribution in [0.3, 0.4) is 0 Å². The Kier molecular flexibility index (Phi) is 8.21. The van der Waals surface area contributed by atoms with Crippen LogP contribution >= 0.6 is 15.9 Å². The molecule has 3 amide bonds. The third-order valence-corrected chi connectivity index (χ3v) is 7.50. The lowest BCUT2D eigenvalue weighted by molar-refractivity contribution is -0.141. The van der Waals surface area contributed by atoms with Gasteiger partial charge in [0.25, 0.3) is 5.91 Å². The number of carbonyl (C=O) groups excluding carboxylic acids is 3. The van der Waals surface area contributed by atoms with Gasteiger partial charge < -0.3 is 15.1 Å². The van der Waals surface area contributed by atoms with Crippen molar-refractivity contribution >= 4 is 33.7 Å². The third-order valence-electron chi connectivity index (χ3n) is 6.80. The van der Waals surface area contributed by atoms with E-state index in [4.69, 9.17) is 0 Å². The average Bonchev–Trinajstić information content (AvgIpc) is 2.91. The van der Waals surface area contributed by atoms with E-state index in [2.05, 4.69) is 21.2 Å². The van der Waals surface area contributed by atoms with Gasteiger partial charge in [0.05, 0.1) is 5.56 Å². The molecule has 0 aliphatic carbocycles. The molecule has 0 radical (unpaired) electrons. The van der Waals surface area contributed by atoms with Crippen LogP contribution in [0.15, 0.2) is 89.4 Å². The van der Waals surface area contributed by atoms with Gasteiger partial charge in [-0.1, -0.05) is 72.8 Å². The van der Waals surface area contributed by atoms with Crippen LogP contribution in [0, 0.1) is 0 Å². The number of piperidine rings is 1. The SMILES string of the molecule is CC(=O)N1CCC(C(=O)NCc2ccccc2)(N(Cc2ccccc2)C(=O)c2ccccc2Br)CC1. The van der Waals surface area contributed by atoms with E-state index in [0.717, 1.165) is 11.1 Å². The first kappa shape index (κ1) is 25.6. The predicted molar refractivity (Wildman–Crippen MR) is 143 cm³/mol. The second-order valence-electron chi connectivity index (χ2n) is 9.06. The second kappa shape index (κ2) is 11.5. The van der Waals surface area contributed by atoms with Gasteiger partial charge in [-0.2, -0.15) is 0 Å². The number of rotatable bonds is 7. The Morgan fingerprint density at radius 1 is 0.861 bits per heavy atom. The van der Waals surface area contributed by atoms with Crippen LogP contribution in [-0.4, -0.2) is 46.1 Å². The van der Waals surface area contributed by atoms with Crippen molar-refractivity contribution in [2.75, 3.05) is 13.1 Å². The molecular formula is C29H30BrN3O3. The van der Waals surface area contributed by atoms with Crippen LogP contribution in [0.1, 0.15) is 41.3 Å². The van der Waals surface area contributed by atoms with E-state index in [1.165, 1.54) is 6.92 Å². The molecule has 1 aliphatic heterocycles. The summed E-state index contributed by atoms with van der Waals surface area (Å²) in [6, 6.07) is 26.7. The number of hydrogen-bond donors (Lipinski definition) is 1. The number of benzene rings is 3. The minimum absolute atomic E-state index is 0.0277. The second-order valence-corrected chi connectivity index (χ2v) is 9.92. The van der Waals surface area contributed by atoms with Crippen LogP contribution in [-0.2, 0) is 22.7 Å². The third kappa shape index (κ3) is 5.68. The molecule has 36 heavy (non-hydrogen) atoms. The van der Waals surface area contributed by atoms with E-state index in [-0.39, 0.29) is 24.3 Å². The topological polar surface area (TPSA) is 69.7 Å². The molecular weight excluding hydrogens is 518 g/mol. The van der Waals surface area contributed by atoms with E-state index >= 15 is 0 Å². The minimum Gasteiger partial charge on any atom is -0.350 e. The van der Waals surface area contributed by atoms with Crippen LogP contribution in [0.25, 0.3) is 0 Å². The van der Waals surface area contributed by atoms with Gasteiger partial charge in [-0.3, -0.25) is 14.4 Å². The average molecular weight is 548 g/mol.